The normalized spacial score (nSPS) is 13.4. The van der Waals surface area contributed by atoms with Crippen molar-refractivity contribution in [3.05, 3.63) is 238 Å². The number of benzene rings is 11. The third-order valence-corrected chi connectivity index (χ3v) is 19.1. The third-order valence-electron chi connectivity index (χ3n) is 19.1. The second-order valence-corrected chi connectivity index (χ2v) is 24.9. The van der Waals surface area contributed by atoms with Crippen LogP contribution in [0, 0.1) is 69.2 Å². The van der Waals surface area contributed by atoms with Crippen molar-refractivity contribution in [2.24, 2.45) is 0 Å². The molecule has 0 spiro atoms. The zero-order valence-electron chi connectivity index (χ0n) is 48.3. The Morgan fingerprint density at radius 2 is 0.634 bits per heavy atom. The van der Waals surface area contributed by atoms with E-state index in [2.05, 4.69) is 270 Å². The summed E-state index contributed by atoms with van der Waals surface area (Å²) in [6.07, 6.45) is 0. The Balaban J connectivity index is 1.05. The van der Waals surface area contributed by atoms with Crippen LogP contribution in [-0.4, -0.2) is 22.6 Å². The SMILES string of the molecule is Cc1ccc(N2c3cc4c(cc3B3c5c2cc(-c2ccc(C)cc2C)cc5-n2c5ccc(C)cc5c5cc(C)cc3c52)B2c3c(cc(-c5ccc(C)cc5C)cc3-n3c5ccc(C)cc5c5cc(C)cc2c53)N4c2ccc(C)cc2)cc1. The smallest absolute Gasteiger partial charge is 0.252 e. The van der Waals surface area contributed by atoms with Crippen LogP contribution in [0.1, 0.15) is 55.6 Å². The van der Waals surface area contributed by atoms with E-state index in [1.165, 1.54) is 188 Å². The molecule has 0 atom stereocenters. The zero-order chi connectivity index (χ0) is 55.5. The summed E-state index contributed by atoms with van der Waals surface area (Å²) in [7, 11) is 0. The molecule has 4 aliphatic rings. The van der Waals surface area contributed by atoms with E-state index < -0.39 is 0 Å². The maximum atomic E-state index is 2.70. The summed E-state index contributed by atoms with van der Waals surface area (Å²) in [5.74, 6) is 0. The number of rotatable bonds is 4. The number of hydrogen-bond donors (Lipinski definition) is 0. The molecule has 17 rings (SSSR count). The van der Waals surface area contributed by atoms with Gasteiger partial charge in [0.1, 0.15) is 0 Å². The molecule has 0 saturated heterocycles. The summed E-state index contributed by atoms with van der Waals surface area (Å²) >= 11 is 0. The summed E-state index contributed by atoms with van der Waals surface area (Å²) in [6, 6.07) is 72.1. The lowest BCUT2D eigenvalue weighted by Crippen LogP contribution is -2.64. The van der Waals surface area contributed by atoms with Crippen molar-refractivity contribution in [1.29, 1.82) is 0 Å². The Morgan fingerprint density at radius 1 is 0.268 bits per heavy atom. The van der Waals surface area contributed by atoms with Gasteiger partial charge in [-0.15, -0.1) is 0 Å². The van der Waals surface area contributed by atoms with Crippen LogP contribution < -0.4 is 42.6 Å². The maximum absolute atomic E-state index is 2.70. The summed E-state index contributed by atoms with van der Waals surface area (Å²) in [6.45, 7) is 22.3. The molecule has 0 radical (unpaired) electrons. The molecule has 0 bridgehead atoms. The molecule has 4 nitrogen and oxygen atoms in total. The topological polar surface area (TPSA) is 16.3 Å². The first kappa shape index (κ1) is 47.5. The van der Waals surface area contributed by atoms with E-state index in [1.807, 2.05) is 0 Å². The van der Waals surface area contributed by atoms with Gasteiger partial charge in [-0.1, -0.05) is 136 Å². The molecular formula is C76H60B2N4. The first-order valence-corrected chi connectivity index (χ1v) is 29.3. The standard InChI is InChI=1S/C76H60B2N4/c1-41-11-19-53(20-12-41)79-67-40-68-62(39-61(67)77-63-33-47(7)31-59-57-29-45(5)17-25-65(57)81(75(59)63)71-37-51(35-69(79)73(71)77)55-23-15-43(3)27-49(55)9)78-64-34-48(8)32-60-58-30-46(6)18-26-66(58)82(76(60)64)72-38-52(56-24-16-44(4)28-50(56)10)36-70(74(72)78)80(68)54-21-13-42(2)14-22-54/h11-40H,1-10H3. The Hall–Kier alpha value is -9.25. The molecule has 6 heterocycles. The number of anilines is 6. The molecule has 4 aliphatic heterocycles. The van der Waals surface area contributed by atoms with Gasteiger partial charge in [0.05, 0.1) is 11.0 Å². The molecule has 11 aromatic carbocycles. The lowest BCUT2D eigenvalue weighted by molar-refractivity contribution is 1.17. The van der Waals surface area contributed by atoms with Crippen molar-refractivity contribution in [3.63, 3.8) is 0 Å². The fourth-order valence-electron chi connectivity index (χ4n) is 15.6. The molecule has 13 aromatic rings. The Labute approximate surface area is 480 Å². The molecule has 6 heteroatoms. The quantitative estimate of drug-likeness (QED) is 0.163. The summed E-state index contributed by atoms with van der Waals surface area (Å²) < 4.78 is 5.27. The first-order chi connectivity index (χ1) is 39.7. The molecule has 2 aromatic heterocycles. The van der Waals surface area contributed by atoms with E-state index in [0.717, 1.165) is 11.4 Å². The monoisotopic (exact) mass is 1050 g/mol. The molecule has 0 saturated carbocycles. The van der Waals surface area contributed by atoms with E-state index in [0.29, 0.717) is 0 Å². The van der Waals surface area contributed by atoms with Crippen LogP contribution in [0.25, 0.3) is 77.2 Å². The predicted molar refractivity (Wildman–Crippen MR) is 352 cm³/mol. The fraction of sp³-hybridized carbons (Fsp3) is 0.132. The highest BCUT2D eigenvalue weighted by Crippen LogP contribution is 2.49. The van der Waals surface area contributed by atoms with Crippen LogP contribution in [0.5, 0.6) is 0 Å². The molecule has 0 N–H and O–H groups in total. The van der Waals surface area contributed by atoms with Gasteiger partial charge in [-0.25, -0.2) is 0 Å². The van der Waals surface area contributed by atoms with Crippen LogP contribution in [0.3, 0.4) is 0 Å². The second kappa shape index (κ2) is 16.7. The van der Waals surface area contributed by atoms with Crippen molar-refractivity contribution < 1.29 is 0 Å². The summed E-state index contributed by atoms with van der Waals surface area (Å²) in [5.41, 5.74) is 40.5. The summed E-state index contributed by atoms with van der Waals surface area (Å²) in [5, 5.41) is 5.25. The average molecular weight is 1050 g/mol. The Bertz CT molecular complexity index is 4740. The highest BCUT2D eigenvalue weighted by Gasteiger charge is 2.48. The van der Waals surface area contributed by atoms with Gasteiger partial charge >= 0.3 is 0 Å². The Kier molecular flexibility index (Phi) is 9.67. The zero-order valence-corrected chi connectivity index (χ0v) is 48.3. The molecule has 82 heavy (non-hydrogen) atoms. The number of hydrogen-bond acceptors (Lipinski definition) is 2. The van der Waals surface area contributed by atoms with Gasteiger partial charge in [-0.3, -0.25) is 0 Å². The number of fused-ring (bicyclic) bond motifs is 14. The van der Waals surface area contributed by atoms with E-state index in [-0.39, 0.29) is 13.4 Å². The predicted octanol–water partition coefficient (Wildman–Crippen LogP) is 15.5. The van der Waals surface area contributed by atoms with Gasteiger partial charge < -0.3 is 18.9 Å². The minimum atomic E-state index is -0.0726. The van der Waals surface area contributed by atoms with Crippen molar-refractivity contribution in [2.75, 3.05) is 9.80 Å². The minimum absolute atomic E-state index is 0.0726. The average Bonchev–Trinajstić information content (AvgIpc) is 2.89. The van der Waals surface area contributed by atoms with Gasteiger partial charge in [0.25, 0.3) is 13.4 Å². The summed E-state index contributed by atoms with van der Waals surface area (Å²) in [4.78, 5) is 5.27. The van der Waals surface area contributed by atoms with Gasteiger partial charge in [0.2, 0.25) is 0 Å². The van der Waals surface area contributed by atoms with Crippen LogP contribution in [0.4, 0.5) is 34.1 Å². The van der Waals surface area contributed by atoms with Crippen molar-refractivity contribution in [2.45, 2.75) is 69.2 Å². The number of nitrogens with zero attached hydrogens (tertiary/aromatic N) is 4. The van der Waals surface area contributed by atoms with Crippen molar-refractivity contribution >= 4 is 124 Å². The first-order valence-electron chi connectivity index (χ1n) is 29.3. The molecule has 390 valence electrons. The molecule has 0 unspecified atom stereocenters. The van der Waals surface area contributed by atoms with Crippen LogP contribution in [0.15, 0.2) is 182 Å². The van der Waals surface area contributed by atoms with Gasteiger partial charge in [-0.05, 0) is 226 Å². The Morgan fingerprint density at radius 3 is 1.05 bits per heavy atom. The number of aryl methyl sites for hydroxylation is 10. The highest BCUT2D eigenvalue weighted by molar-refractivity contribution is 7.03. The molecule has 0 fully saturated rings. The van der Waals surface area contributed by atoms with Gasteiger partial charge in [0.15, 0.2) is 0 Å². The fourth-order valence-corrected chi connectivity index (χ4v) is 15.6. The van der Waals surface area contributed by atoms with Gasteiger partial charge in [-0.2, -0.15) is 0 Å². The lowest BCUT2D eigenvalue weighted by atomic mass is 9.30. The van der Waals surface area contributed by atoms with Crippen molar-refractivity contribution in [1.82, 2.24) is 9.13 Å². The lowest BCUT2D eigenvalue weighted by Gasteiger charge is -2.45. The maximum Gasteiger partial charge on any atom is 0.252 e. The van der Waals surface area contributed by atoms with Crippen LogP contribution in [-0.2, 0) is 0 Å². The molecule has 0 amide bonds. The third kappa shape index (κ3) is 6.46. The largest absolute Gasteiger partial charge is 0.311 e. The molecular weight excluding hydrogens is 990 g/mol. The molecule has 0 aliphatic carbocycles. The van der Waals surface area contributed by atoms with E-state index in [4.69, 9.17) is 0 Å². The van der Waals surface area contributed by atoms with E-state index in [9.17, 15) is 0 Å². The van der Waals surface area contributed by atoms with Crippen molar-refractivity contribution in [3.8, 4) is 33.6 Å². The number of aromatic nitrogens is 2. The minimum Gasteiger partial charge on any atom is -0.311 e. The van der Waals surface area contributed by atoms with Crippen LogP contribution >= 0.6 is 0 Å². The van der Waals surface area contributed by atoms with E-state index >= 15 is 0 Å². The second-order valence-electron chi connectivity index (χ2n) is 24.9. The highest BCUT2D eigenvalue weighted by atomic mass is 15.2. The van der Waals surface area contributed by atoms with Crippen LogP contribution in [0.2, 0.25) is 0 Å². The van der Waals surface area contributed by atoms with Gasteiger partial charge in [0, 0.05) is 78.1 Å². The van der Waals surface area contributed by atoms with E-state index in [1.54, 1.807) is 0 Å².